The molecule has 1 aromatic rings. The number of nitrogens with one attached hydrogen (secondary N) is 1. The van der Waals surface area contributed by atoms with Gasteiger partial charge in [-0.25, -0.2) is 0 Å². The number of aryl methyl sites for hydroxylation is 1. The molecule has 1 aromatic carbocycles. The van der Waals surface area contributed by atoms with E-state index in [4.69, 9.17) is 9.84 Å². The topological polar surface area (TPSA) is 58.6 Å². The van der Waals surface area contributed by atoms with E-state index in [0.29, 0.717) is 0 Å². The molecule has 2 N–H and O–H groups in total. The summed E-state index contributed by atoms with van der Waals surface area (Å²) in [5.74, 6) is -0.0885. The number of carboxylic acids is 1. The molecule has 0 saturated carbocycles. The van der Waals surface area contributed by atoms with E-state index < -0.39 is 5.97 Å². The predicted octanol–water partition coefficient (Wildman–Crippen LogP) is 1.74. The number of methoxy groups -OCH3 is 1. The molecule has 0 fully saturated rings. The highest BCUT2D eigenvalue weighted by atomic mass is 16.5. The van der Waals surface area contributed by atoms with Gasteiger partial charge in [-0.2, -0.15) is 0 Å². The van der Waals surface area contributed by atoms with Crippen LogP contribution in [-0.4, -0.2) is 24.7 Å². The first kappa shape index (κ1) is 12.5. The lowest BCUT2D eigenvalue weighted by Crippen LogP contribution is -2.25. The van der Waals surface area contributed by atoms with Crippen molar-refractivity contribution in [3.05, 3.63) is 29.3 Å². The van der Waals surface area contributed by atoms with Crippen LogP contribution in [0.25, 0.3) is 0 Å². The van der Waals surface area contributed by atoms with E-state index in [1.165, 1.54) is 0 Å². The van der Waals surface area contributed by atoms with Gasteiger partial charge in [0.05, 0.1) is 13.7 Å². The predicted molar refractivity (Wildman–Crippen MR) is 61.8 cm³/mol. The quantitative estimate of drug-likeness (QED) is 0.798. The fraction of sp³-hybridized carbons (Fsp3) is 0.417. The van der Waals surface area contributed by atoms with Crippen molar-refractivity contribution in [1.29, 1.82) is 0 Å². The SMILES string of the molecule is COc1ccc(C)cc1C(C)NCC(=O)O. The molecule has 0 aliphatic heterocycles. The Hall–Kier alpha value is -1.55. The molecule has 0 bridgehead atoms. The molecule has 4 nitrogen and oxygen atoms in total. The molecule has 0 aliphatic carbocycles. The van der Waals surface area contributed by atoms with Gasteiger partial charge in [-0.3, -0.25) is 4.79 Å². The van der Waals surface area contributed by atoms with E-state index in [9.17, 15) is 4.79 Å². The molecule has 0 amide bonds. The van der Waals surface area contributed by atoms with E-state index in [1.54, 1.807) is 7.11 Å². The Morgan fingerprint density at radius 1 is 1.56 bits per heavy atom. The molecule has 0 heterocycles. The Morgan fingerprint density at radius 2 is 2.25 bits per heavy atom. The lowest BCUT2D eigenvalue weighted by atomic mass is 10.0. The number of carbonyl (C=O) groups is 1. The van der Waals surface area contributed by atoms with E-state index in [2.05, 4.69) is 5.32 Å². The molecule has 16 heavy (non-hydrogen) atoms. The molecule has 0 aliphatic rings. The van der Waals surface area contributed by atoms with Crippen molar-refractivity contribution in [1.82, 2.24) is 5.32 Å². The van der Waals surface area contributed by atoms with Crippen LogP contribution in [0.15, 0.2) is 18.2 Å². The Kier molecular flexibility index (Phi) is 4.31. The number of rotatable bonds is 5. The first-order valence-corrected chi connectivity index (χ1v) is 5.14. The molecule has 1 atom stereocenters. The van der Waals surface area contributed by atoms with E-state index >= 15 is 0 Å². The maximum absolute atomic E-state index is 10.5. The van der Waals surface area contributed by atoms with Crippen molar-refractivity contribution in [3.8, 4) is 5.75 Å². The minimum Gasteiger partial charge on any atom is -0.496 e. The normalized spacial score (nSPS) is 12.2. The van der Waals surface area contributed by atoms with Gasteiger partial charge in [0.25, 0.3) is 0 Å². The third kappa shape index (κ3) is 3.24. The van der Waals surface area contributed by atoms with Crippen LogP contribution in [0, 0.1) is 6.92 Å². The molecule has 1 rings (SSSR count). The number of benzene rings is 1. The highest BCUT2D eigenvalue weighted by Gasteiger charge is 2.12. The fourth-order valence-corrected chi connectivity index (χ4v) is 1.54. The monoisotopic (exact) mass is 223 g/mol. The van der Waals surface area contributed by atoms with Crippen LogP contribution >= 0.6 is 0 Å². The van der Waals surface area contributed by atoms with Crippen LogP contribution < -0.4 is 10.1 Å². The summed E-state index contributed by atoms with van der Waals surface area (Å²) in [4.78, 5) is 10.5. The van der Waals surface area contributed by atoms with Crippen molar-refractivity contribution < 1.29 is 14.6 Å². The van der Waals surface area contributed by atoms with Crippen molar-refractivity contribution in [2.24, 2.45) is 0 Å². The molecule has 4 heteroatoms. The zero-order valence-corrected chi connectivity index (χ0v) is 9.78. The maximum Gasteiger partial charge on any atom is 0.317 e. The Labute approximate surface area is 95.2 Å². The minimum absolute atomic E-state index is 0.0500. The van der Waals surface area contributed by atoms with Gasteiger partial charge in [0, 0.05) is 11.6 Å². The van der Waals surface area contributed by atoms with Crippen LogP contribution in [0.5, 0.6) is 5.75 Å². The average Bonchev–Trinajstić information content (AvgIpc) is 2.25. The second kappa shape index (κ2) is 5.51. The minimum atomic E-state index is -0.863. The Balaban J connectivity index is 2.84. The lowest BCUT2D eigenvalue weighted by molar-refractivity contribution is -0.136. The van der Waals surface area contributed by atoms with Gasteiger partial charge in [-0.05, 0) is 19.9 Å². The molecular weight excluding hydrogens is 206 g/mol. The van der Waals surface area contributed by atoms with E-state index in [1.807, 2.05) is 32.0 Å². The molecule has 0 aromatic heterocycles. The Bertz CT molecular complexity index is 377. The van der Waals surface area contributed by atoms with Crippen molar-refractivity contribution in [3.63, 3.8) is 0 Å². The lowest BCUT2D eigenvalue weighted by Gasteiger charge is -2.16. The first-order chi connectivity index (χ1) is 7.54. The van der Waals surface area contributed by atoms with Crippen molar-refractivity contribution >= 4 is 5.97 Å². The molecule has 1 unspecified atom stereocenters. The van der Waals surface area contributed by atoms with Crippen LogP contribution in [0.1, 0.15) is 24.1 Å². The van der Waals surface area contributed by atoms with Gasteiger partial charge in [0.2, 0.25) is 0 Å². The van der Waals surface area contributed by atoms with Crippen LogP contribution in [0.2, 0.25) is 0 Å². The van der Waals surface area contributed by atoms with E-state index in [-0.39, 0.29) is 12.6 Å². The van der Waals surface area contributed by atoms with Gasteiger partial charge < -0.3 is 15.2 Å². The second-order valence-electron chi connectivity index (χ2n) is 3.74. The summed E-state index contributed by atoms with van der Waals surface area (Å²) in [5, 5.41) is 11.5. The fourth-order valence-electron chi connectivity index (χ4n) is 1.54. The summed E-state index contributed by atoms with van der Waals surface area (Å²) in [6.45, 7) is 3.85. The van der Waals surface area contributed by atoms with Gasteiger partial charge in [-0.1, -0.05) is 17.7 Å². The largest absolute Gasteiger partial charge is 0.496 e. The summed E-state index contributed by atoms with van der Waals surface area (Å²) < 4.78 is 5.24. The van der Waals surface area contributed by atoms with Gasteiger partial charge in [0.15, 0.2) is 0 Å². The third-order valence-corrected chi connectivity index (χ3v) is 2.41. The molecule has 0 spiro atoms. The standard InChI is InChI=1S/C12H17NO3/c1-8-4-5-11(16-3)10(6-8)9(2)13-7-12(14)15/h4-6,9,13H,7H2,1-3H3,(H,14,15). The summed E-state index contributed by atoms with van der Waals surface area (Å²) in [6.07, 6.45) is 0. The average molecular weight is 223 g/mol. The van der Waals surface area contributed by atoms with Gasteiger partial charge in [-0.15, -0.1) is 0 Å². The molecular formula is C12H17NO3. The van der Waals surface area contributed by atoms with Gasteiger partial charge >= 0.3 is 5.97 Å². The third-order valence-electron chi connectivity index (χ3n) is 2.41. The van der Waals surface area contributed by atoms with Crippen LogP contribution in [-0.2, 0) is 4.79 Å². The van der Waals surface area contributed by atoms with Crippen molar-refractivity contribution in [2.45, 2.75) is 19.9 Å². The smallest absolute Gasteiger partial charge is 0.317 e. The summed E-state index contributed by atoms with van der Waals surface area (Å²) in [7, 11) is 1.61. The maximum atomic E-state index is 10.5. The zero-order chi connectivity index (χ0) is 12.1. The molecule has 0 radical (unpaired) electrons. The Morgan fingerprint density at radius 3 is 2.81 bits per heavy atom. The number of hydrogen-bond acceptors (Lipinski definition) is 3. The molecule has 0 saturated heterocycles. The summed E-state index contributed by atoms with van der Waals surface area (Å²) in [5.41, 5.74) is 2.10. The number of ether oxygens (including phenoxy) is 1. The highest BCUT2D eigenvalue weighted by molar-refractivity contribution is 5.69. The summed E-state index contributed by atoms with van der Waals surface area (Å²) in [6, 6.07) is 5.81. The zero-order valence-electron chi connectivity index (χ0n) is 9.78. The molecule has 88 valence electrons. The van der Waals surface area contributed by atoms with Gasteiger partial charge in [0.1, 0.15) is 5.75 Å². The second-order valence-corrected chi connectivity index (χ2v) is 3.74. The first-order valence-electron chi connectivity index (χ1n) is 5.14. The number of hydrogen-bond donors (Lipinski definition) is 2. The summed E-state index contributed by atoms with van der Waals surface area (Å²) >= 11 is 0. The van der Waals surface area contributed by atoms with Crippen molar-refractivity contribution in [2.75, 3.05) is 13.7 Å². The number of aliphatic carboxylic acids is 1. The van der Waals surface area contributed by atoms with Crippen LogP contribution in [0.4, 0.5) is 0 Å². The van der Waals surface area contributed by atoms with E-state index in [0.717, 1.165) is 16.9 Å². The highest BCUT2D eigenvalue weighted by Crippen LogP contribution is 2.25. The van der Waals surface area contributed by atoms with Crippen LogP contribution in [0.3, 0.4) is 0 Å². The number of carboxylic acid groups (broad SMARTS) is 1.